The zero-order valence-corrected chi connectivity index (χ0v) is 13.2. The molecule has 1 aromatic heterocycles. The number of nitrogens with two attached hydrogens (primary N) is 1. The molecule has 3 nitrogen and oxygen atoms in total. The minimum absolute atomic E-state index is 0.599. The molecule has 4 rings (SSSR count). The third kappa shape index (κ3) is 2.71. The van der Waals surface area contributed by atoms with Crippen molar-refractivity contribution < 1.29 is 0 Å². The van der Waals surface area contributed by atoms with Crippen molar-refractivity contribution in [3.8, 4) is 0 Å². The summed E-state index contributed by atoms with van der Waals surface area (Å²) in [5.41, 5.74) is 9.41. The Labute approximate surface area is 130 Å². The van der Waals surface area contributed by atoms with E-state index >= 15 is 0 Å². The molecule has 4 heteroatoms. The molecule has 2 heterocycles. The molecule has 1 saturated carbocycles. The van der Waals surface area contributed by atoms with Gasteiger partial charge < -0.3 is 10.3 Å². The van der Waals surface area contributed by atoms with E-state index < -0.39 is 0 Å². The quantitative estimate of drug-likeness (QED) is 0.939. The molecule has 0 bridgehead atoms. The van der Waals surface area contributed by atoms with Gasteiger partial charge in [-0.05, 0) is 60.8 Å². The molecule has 1 aliphatic heterocycles. The van der Waals surface area contributed by atoms with E-state index in [1.54, 1.807) is 0 Å². The number of imidazole rings is 1. The summed E-state index contributed by atoms with van der Waals surface area (Å²) in [5, 5.41) is 0. The third-order valence-electron chi connectivity index (χ3n) is 4.79. The van der Waals surface area contributed by atoms with Crippen molar-refractivity contribution in [2.45, 2.75) is 44.7 Å². The number of hydrogen-bond acceptors (Lipinski definition) is 3. The summed E-state index contributed by atoms with van der Waals surface area (Å²) in [6.07, 6.45) is 6.50. The van der Waals surface area contributed by atoms with Gasteiger partial charge >= 0.3 is 0 Å². The molecular formula is C17H23N3S. The average molecular weight is 301 g/mol. The lowest BCUT2D eigenvalue weighted by molar-refractivity contribution is 0.466. The highest BCUT2D eigenvalue weighted by molar-refractivity contribution is 7.99. The van der Waals surface area contributed by atoms with Gasteiger partial charge in [0.15, 0.2) is 0 Å². The number of fused-ring (bicyclic) bond motifs is 1. The summed E-state index contributed by atoms with van der Waals surface area (Å²) in [4.78, 5) is 4.98. The molecule has 2 N–H and O–H groups in total. The lowest BCUT2D eigenvalue weighted by Gasteiger charge is -2.21. The molecule has 2 fully saturated rings. The number of rotatable bonds is 4. The summed E-state index contributed by atoms with van der Waals surface area (Å²) < 4.78 is 2.53. The van der Waals surface area contributed by atoms with Gasteiger partial charge in [0.05, 0.1) is 11.0 Å². The maximum absolute atomic E-state index is 5.77. The summed E-state index contributed by atoms with van der Waals surface area (Å²) in [6.45, 7) is 0.599. The fourth-order valence-corrected chi connectivity index (χ4v) is 4.62. The standard InChI is InChI=1S/C17H23N3S/c18-11-13-1-4-16-15(9-13)19-17(20(16)14-2-3-14)10-12-5-7-21-8-6-12/h1,4,9,12,14H,2-3,5-8,10-11,18H2. The van der Waals surface area contributed by atoms with Crippen molar-refractivity contribution in [3.05, 3.63) is 29.6 Å². The topological polar surface area (TPSA) is 43.8 Å². The van der Waals surface area contributed by atoms with Gasteiger partial charge in [0.2, 0.25) is 0 Å². The van der Waals surface area contributed by atoms with E-state index in [1.807, 2.05) is 0 Å². The third-order valence-corrected chi connectivity index (χ3v) is 5.84. The largest absolute Gasteiger partial charge is 0.326 e. The molecular weight excluding hydrogens is 278 g/mol. The highest BCUT2D eigenvalue weighted by Gasteiger charge is 2.29. The van der Waals surface area contributed by atoms with E-state index in [2.05, 4.69) is 34.5 Å². The fraction of sp³-hybridized carbons (Fsp3) is 0.588. The van der Waals surface area contributed by atoms with Gasteiger partial charge in [0.25, 0.3) is 0 Å². The van der Waals surface area contributed by atoms with Crippen LogP contribution in [-0.2, 0) is 13.0 Å². The molecule has 112 valence electrons. The number of hydrogen-bond donors (Lipinski definition) is 1. The Kier molecular flexibility index (Phi) is 3.67. The first-order valence-corrected chi connectivity index (χ1v) is 9.28. The molecule has 0 radical (unpaired) electrons. The van der Waals surface area contributed by atoms with Gasteiger partial charge in [-0.3, -0.25) is 0 Å². The molecule has 0 amide bonds. The fourth-order valence-electron chi connectivity index (χ4n) is 3.41. The van der Waals surface area contributed by atoms with E-state index in [0.717, 1.165) is 17.9 Å². The van der Waals surface area contributed by atoms with E-state index in [-0.39, 0.29) is 0 Å². The van der Waals surface area contributed by atoms with E-state index in [0.29, 0.717) is 12.6 Å². The first-order chi connectivity index (χ1) is 10.3. The SMILES string of the molecule is NCc1ccc2c(c1)nc(CC1CCSCC1)n2C1CC1. The Balaban J connectivity index is 1.70. The Hall–Kier alpha value is -1.00. The van der Waals surface area contributed by atoms with Crippen LogP contribution in [0.25, 0.3) is 11.0 Å². The Morgan fingerprint density at radius 2 is 2.00 bits per heavy atom. The van der Waals surface area contributed by atoms with Crippen molar-refractivity contribution in [1.82, 2.24) is 9.55 Å². The zero-order valence-electron chi connectivity index (χ0n) is 12.4. The van der Waals surface area contributed by atoms with Crippen molar-refractivity contribution in [1.29, 1.82) is 0 Å². The van der Waals surface area contributed by atoms with Crippen molar-refractivity contribution >= 4 is 22.8 Å². The number of thioether (sulfide) groups is 1. The van der Waals surface area contributed by atoms with Gasteiger partial charge in [-0.1, -0.05) is 6.07 Å². The van der Waals surface area contributed by atoms with Crippen molar-refractivity contribution in [2.75, 3.05) is 11.5 Å². The Morgan fingerprint density at radius 3 is 2.71 bits per heavy atom. The van der Waals surface area contributed by atoms with Gasteiger partial charge in [-0.25, -0.2) is 4.98 Å². The molecule has 2 aliphatic rings. The summed E-state index contributed by atoms with van der Waals surface area (Å²) >= 11 is 2.10. The first kappa shape index (κ1) is 13.6. The lowest BCUT2D eigenvalue weighted by atomic mass is 9.98. The normalized spacial score (nSPS) is 20.2. The predicted molar refractivity (Wildman–Crippen MR) is 89.6 cm³/mol. The number of aromatic nitrogens is 2. The second-order valence-electron chi connectivity index (χ2n) is 6.42. The maximum Gasteiger partial charge on any atom is 0.110 e. The molecule has 1 saturated heterocycles. The second-order valence-corrected chi connectivity index (χ2v) is 7.64. The lowest BCUT2D eigenvalue weighted by Crippen LogP contribution is -2.15. The van der Waals surface area contributed by atoms with Gasteiger partial charge in [0, 0.05) is 19.0 Å². The van der Waals surface area contributed by atoms with Crippen LogP contribution < -0.4 is 5.73 Å². The molecule has 21 heavy (non-hydrogen) atoms. The molecule has 0 atom stereocenters. The van der Waals surface area contributed by atoms with E-state index in [9.17, 15) is 0 Å². The predicted octanol–water partition coefficient (Wildman–Crippen LogP) is 3.52. The number of nitrogens with zero attached hydrogens (tertiary/aromatic N) is 2. The molecule has 1 aliphatic carbocycles. The van der Waals surface area contributed by atoms with E-state index in [4.69, 9.17) is 10.7 Å². The van der Waals surface area contributed by atoms with Crippen molar-refractivity contribution in [3.63, 3.8) is 0 Å². The van der Waals surface area contributed by atoms with Gasteiger partial charge in [-0.15, -0.1) is 0 Å². The zero-order chi connectivity index (χ0) is 14.2. The van der Waals surface area contributed by atoms with Crippen LogP contribution in [0.2, 0.25) is 0 Å². The minimum Gasteiger partial charge on any atom is -0.326 e. The molecule has 2 aromatic rings. The first-order valence-electron chi connectivity index (χ1n) is 8.12. The van der Waals surface area contributed by atoms with Crippen LogP contribution in [0.3, 0.4) is 0 Å². The summed E-state index contributed by atoms with van der Waals surface area (Å²) in [5.74, 6) is 4.80. The van der Waals surface area contributed by atoms with Crippen LogP contribution in [0.1, 0.15) is 43.1 Å². The Bertz CT molecular complexity index is 639. The molecule has 0 unspecified atom stereocenters. The average Bonchev–Trinajstić information content (AvgIpc) is 3.29. The highest BCUT2D eigenvalue weighted by Crippen LogP contribution is 2.40. The van der Waals surface area contributed by atoms with Crippen molar-refractivity contribution in [2.24, 2.45) is 11.7 Å². The van der Waals surface area contributed by atoms with Gasteiger partial charge in [-0.2, -0.15) is 11.8 Å². The maximum atomic E-state index is 5.77. The van der Waals surface area contributed by atoms with Crippen LogP contribution in [0.15, 0.2) is 18.2 Å². The smallest absolute Gasteiger partial charge is 0.110 e. The van der Waals surface area contributed by atoms with Crippen LogP contribution >= 0.6 is 11.8 Å². The summed E-state index contributed by atoms with van der Waals surface area (Å²) in [7, 11) is 0. The highest BCUT2D eigenvalue weighted by atomic mass is 32.2. The second kappa shape index (κ2) is 5.65. The number of benzene rings is 1. The van der Waals surface area contributed by atoms with Crippen LogP contribution in [-0.4, -0.2) is 21.1 Å². The Morgan fingerprint density at radius 1 is 1.19 bits per heavy atom. The monoisotopic (exact) mass is 301 g/mol. The van der Waals surface area contributed by atoms with Crippen LogP contribution in [0, 0.1) is 5.92 Å². The van der Waals surface area contributed by atoms with Gasteiger partial charge in [0.1, 0.15) is 5.82 Å². The minimum atomic E-state index is 0.599. The van der Waals surface area contributed by atoms with Crippen LogP contribution in [0.4, 0.5) is 0 Å². The van der Waals surface area contributed by atoms with Crippen LogP contribution in [0.5, 0.6) is 0 Å². The molecule has 1 aromatic carbocycles. The molecule has 0 spiro atoms. The van der Waals surface area contributed by atoms with E-state index in [1.165, 1.54) is 54.1 Å². The summed E-state index contributed by atoms with van der Waals surface area (Å²) in [6, 6.07) is 7.26.